The standard InChI is InChI=1S/C33H40N2O5/c1-23(2)20-27(32(37)38-22-25-16-10-6-11-17-25)35-31(36)28(34-21-24-14-8-5-9-15-24)30-29(39-33(3,4)40-30)26-18-12-7-13-19-26/h5-19,23,27-30,34H,20-22H2,1-4H3,(H,35,36)/t27-,28-,29-,30-/m0/s1. The van der Waals surface area contributed by atoms with E-state index in [1.807, 2.05) is 119 Å². The molecule has 1 aliphatic heterocycles. The van der Waals surface area contributed by atoms with Crippen LogP contribution in [0.4, 0.5) is 0 Å². The lowest BCUT2D eigenvalue weighted by molar-refractivity contribution is -0.154. The van der Waals surface area contributed by atoms with Crippen molar-refractivity contribution in [1.29, 1.82) is 0 Å². The van der Waals surface area contributed by atoms with Crippen molar-refractivity contribution in [3.05, 3.63) is 108 Å². The molecule has 3 aromatic carbocycles. The van der Waals surface area contributed by atoms with E-state index in [4.69, 9.17) is 14.2 Å². The average molecular weight is 545 g/mol. The number of esters is 1. The summed E-state index contributed by atoms with van der Waals surface area (Å²) in [4.78, 5) is 27.2. The quantitative estimate of drug-likeness (QED) is 0.301. The summed E-state index contributed by atoms with van der Waals surface area (Å²) in [6.07, 6.45) is -0.676. The fraction of sp³-hybridized carbons (Fsp3) is 0.394. The SMILES string of the molecule is CC(C)C[C@H](NC(=O)[C@@H](NCc1ccccc1)[C@@H]1OC(C)(C)O[C@H]1c1ccccc1)C(=O)OCc1ccccc1. The second-order valence-electron chi connectivity index (χ2n) is 11.1. The lowest BCUT2D eigenvalue weighted by Crippen LogP contribution is -2.56. The molecular weight excluding hydrogens is 504 g/mol. The molecule has 1 heterocycles. The Hall–Kier alpha value is -3.52. The molecule has 4 rings (SSSR count). The second kappa shape index (κ2) is 13.7. The number of hydrogen-bond acceptors (Lipinski definition) is 6. The van der Waals surface area contributed by atoms with Crippen LogP contribution in [0.2, 0.25) is 0 Å². The minimum atomic E-state index is -0.899. The Kier molecular flexibility index (Phi) is 10.1. The molecule has 0 spiro atoms. The Bertz CT molecular complexity index is 1220. The maximum atomic E-state index is 14.0. The molecule has 0 radical (unpaired) electrons. The summed E-state index contributed by atoms with van der Waals surface area (Å²) < 4.78 is 18.3. The Morgan fingerprint density at radius 2 is 1.43 bits per heavy atom. The Balaban J connectivity index is 1.56. The number of nitrogens with one attached hydrogen (secondary N) is 2. The third-order valence-electron chi connectivity index (χ3n) is 6.77. The topological polar surface area (TPSA) is 85.9 Å². The van der Waals surface area contributed by atoms with Gasteiger partial charge >= 0.3 is 5.97 Å². The van der Waals surface area contributed by atoms with Crippen LogP contribution < -0.4 is 10.6 Å². The van der Waals surface area contributed by atoms with E-state index in [1.54, 1.807) is 0 Å². The first-order valence-corrected chi connectivity index (χ1v) is 13.9. The minimum absolute atomic E-state index is 0.143. The molecular formula is C33H40N2O5. The second-order valence-corrected chi connectivity index (χ2v) is 11.1. The van der Waals surface area contributed by atoms with Gasteiger partial charge in [0.15, 0.2) is 5.79 Å². The highest BCUT2D eigenvalue weighted by atomic mass is 16.8. The van der Waals surface area contributed by atoms with E-state index >= 15 is 0 Å². The largest absolute Gasteiger partial charge is 0.459 e. The van der Waals surface area contributed by atoms with Gasteiger partial charge in [-0.3, -0.25) is 10.1 Å². The van der Waals surface area contributed by atoms with E-state index in [9.17, 15) is 9.59 Å². The zero-order chi connectivity index (χ0) is 28.5. The lowest BCUT2D eigenvalue weighted by atomic mass is 9.97. The normalized spacial score (nSPS) is 19.6. The summed E-state index contributed by atoms with van der Waals surface area (Å²) in [6.45, 7) is 8.29. The Labute approximate surface area is 237 Å². The predicted molar refractivity (Wildman–Crippen MR) is 154 cm³/mol. The summed E-state index contributed by atoms with van der Waals surface area (Å²) >= 11 is 0. The van der Waals surface area contributed by atoms with Crippen molar-refractivity contribution in [3.63, 3.8) is 0 Å². The zero-order valence-corrected chi connectivity index (χ0v) is 23.7. The number of carbonyl (C=O) groups excluding carboxylic acids is 2. The Morgan fingerprint density at radius 1 is 0.850 bits per heavy atom. The highest BCUT2D eigenvalue weighted by Crippen LogP contribution is 2.39. The summed E-state index contributed by atoms with van der Waals surface area (Å²) in [6, 6.07) is 27.5. The lowest BCUT2D eigenvalue weighted by Gasteiger charge is -2.29. The Morgan fingerprint density at radius 3 is 2.02 bits per heavy atom. The highest BCUT2D eigenvalue weighted by Gasteiger charge is 2.48. The van der Waals surface area contributed by atoms with E-state index in [2.05, 4.69) is 10.6 Å². The number of hydrogen-bond donors (Lipinski definition) is 2. The number of carbonyl (C=O) groups is 2. The average Bonchev–Trinajstić information content (AvgIpc) is 3.27. The molecule has 2 N–H and O–H groups in total. The van der Waals surface area contributed by atoms with E-state index in [0.29, 0.717) is 13.0 Å². The van der Waals surface area contributed by atoms with Gasteiger partial charge in [0, 0.05) is 6.54 Å². The van der Waals surface area contributed by atoms with Gasteiger partial charge in [0.25, 0.3) is 0 Å². The van der Waals surface area contributed by atoms with Crippen LogP contribution in [0.1, 0.15) is 56.9 Å². The summed E-state index contributed by atoms with van der Waals surface area (Å²) in [5.74, 6) is -1.54. The first-order chi connectivity index (χ1) is 19.2. The van der Waals surface area contributed by atoms with Crippen LogP contribution in [0.3, 0.4) is 0 Å². The van der Waals surface area contributed by atoms with Crippen LogP contribution in [-0.2, 0) is 37.0 Å². The minimum Gasteiger partial charge on any atom is -0.459 e. The molecule has 1 amide bonds. The van der Waals surface area contributed by atoms with E-state index in [-0.39, 0.29) is 18.4 Å². The zero-order valence-electron chi connectivity index (χ0n) is 23.7. The molecule has 0 aliphatic carbocycles. The molecule has 1 saturated heterocycles. The van der Waals surface area contributed by atoms with Crippen molar-refractivity contribution in [1.82, 2.24) is 10.6 Å². The molecule has 4 atom stereocenters. The molecule has 212 valence electrons. The maximum Gasteiger partial charge on any atom is 0.328 e. The highest BCUT2D eigenvalue weighted by molar-refractivity contribution is 5.88. The third-order valence-corrected chi connectivity index (χ3v) is 6.77. The molecule has 40 heavy (non-hydrogen) atoms. The molecule has 0 bridgehead atoms. The number of ether oxygens (including phenoxy) is 3. The van der Waals surface area contributed by atoms with E-state index < -0.39 is 36.0 Å². The predicted octanol–water partition coefficient (Wildman–Crippen LogP) is 5.31. The van der Waals surface area contributed by atoms with Gasteiger partial charge in [-0.1, -0.05) is 105 Å². The smallest absolute Gasteiger partial charge is 0.328 e. The third kappa shape index (κ3) is 8.24. The molecule has 0 saturated carbocycles. The van der Waals surface area contributed by atoms with Gasteiger partial charge in [0.1, 0.15) is 30.9 Å². The molecule has 0 unspecified atom stereocenters. The first-order valence-electron chi connectivity index (χ1n) is 13.9. The van der Waals surface area contributed by atoms with E-state index in [1.165, 1.54) is 0 Å². The number of amides is 1. The molecule has 7 heteroatoms. The van der Waals surface area contributed by atoms with E-state index in [0.717, 1.165) is 16.7 Å². The molecule has 0 aromatic heterocycles. The van der Waals surface area contributed by atoms with Gasteiger partial charge in [-0.05, 0) is 42.9 Å². The van der Waals surface area contributed by atoms with Gasteiger partial charge in [-0.25, -0.2) is 4.79 Å². The fourth-order valence-electron chi connectivity index (χ4n) is 4.89. The monoisotopic (exact) mass is 544 g/mol. The van der Waals surface area contributed by atoms with Gasteiger partial charge in [0.05, 0.1) is 0 Å². The molecule has 7 nitrogen and oxygen atoms in total. The first kappa shape index (κ1) is 29.5. The van der Waals surface area contributed by atoms with Crippen molar-refractivity contribution in [2.24, 2.45) is 5.92 Å². The van der Waals surface area contributed by atoms with Crippen LogP contribution in [0, 0.1) is 5.92 Å². The van der Waals surface area contributed by atoms with Gasteiger partial charge in [0.2, 0.25) is 5.91 Å². The van der Waals surface area contributed by atoms with Crippen LogP contribution >= 0.6 is 0 Å². The summed E-state index contributed by atoms with van der Waals surface area (Å²) in [5, 5.41) is 6.39. The van der Waals surface area contributed by atoms with Crippen molar-refractivity contribution in [3.8, 4) is 0 Å². The van der Waals surface area contributed by atoms with Crippen LogP contribution in [0.5, 0.6) is 0 Å². The van der Waals surface area contributed by atoms with Crippen LogP contribution in [0.25, 0.3) is 0 Å². The maximum absolute atomic E-state index is 14.0. The fourth-order valence-corrected chi connectivity index (χ4v) is 4.89. The van der Waals surface area contributed by atoms with Gasteiger partial charge in [-0.15, -0.1) is 0 Å². The molecule has 1 fully saturated rings. The van der Waals surface area contributed by atoms with Crippen molar-refractivity contribution in [2.45, 2.75) is 77.3 Å². The van der Waals surface area contributed by atoms with Crippen LogP contribution in [0.15, 0.2) is 91.0 Å². The van der Waals surface area contributed by atoms with Crippen molar-refractivity contribution in [2.75, 3.05) is 0 Å². The van der Waals surface area contributed by atoms with Gasteiger partial charge < -0.3 is 19.5 Å². The molecule has 1 aliphatic rings. The number of rotatable bonds is 12. The summed E-state index contributed by atoms with van der Waals surface area (Å²) in [7, 11) is 0. The summed E-state index contributed by atoms with van der Waals surface area (Å²) in [5.41, 5.74) is 2.83. The molecule has 3 aromatic rings. The van der Waals surface area contributed by atoms with Crippen molar-refractivity contribution >= 4 is 11.9 Å². The van der Waals surface area contributed by atoms with Crippen LogP contribution in [-0.4, -0.2) is 35.9 Å². The van der Waals surface area contributed by atoms with Crippen molar-refractivity contribution < 1.29 is 23.8 Å². The number of benzene rings is 3. The van der Waals surface area contributed by atoms with Gasteiger partial charge in [-0.2, -0.15) is 0 Å².